The zero-order chi connectivity index (χ0) is 24.3. The molecule has 190 valence electrons. The highest BCUT2D eigenvalue weighted by atomic mass is 16.5. The number of carbonyl (C=O) groups is 2. The monoisotopic (exact) mass is 476 g/mol. The van der Waals surface area contributed by atoms with E-state index in [2.05, 4.69) is 15.5 Å². The highest BCUT2D eigenvalue weighted by Gasteiger charge is 2.25. The molecule has 0 aromatic heterocycles. The maximum atomic E-state index is 12.8. The molecule has 0 saturated carbocycles. The second-order valence-electron chi connectivity index (χ2n) is 9.08. The Morgan fingerprint density at radius 2 is 1.53 bits per heavy atom. The number of amides is 3. The standard InChI is InChI=1S/C25H40N4O5/c1-32-21-17-20(18-22(33-2)24(21)34-3)27-25(31)29-13-8-19(9-14-29)16-23(30)26-10-15-28-11-6-4-5-7-12-28/h17-19H,4-16H2,1-3H3,(H,26,30)(H,27,31). The molecule has 34 heavy (non-hydrogen) atoms. The minimum absolute atomic E-state index is 0.121. The number of hydrogen-bond donors (Lipinski definition) is 2. The maximum Gasteiger partial charge on any atom is 0.321 e. The summed E-state index contributed by atoms with van der Waals surface area (Å²) in [7, 11) is 4.62. The summed E-state index contributed by atoms with van der Waals surface area (Å²) < 4.78 is 16.0. The first-order chi connectivity index (χ1) is 16.5. The highest BCUT2D eigenvalue weighted by Crippen LogP contribution is 2.40. The fourth-order valence-electron chi connectivity index (χ4n) is 4.74. The number of nitrogens with one attached hydrogen (secondary N) is 2. The Kier molecular flexibility index (Phi) is 10.1. The predicted molar refractivity (Wildman–Crippen MR) is 132 cm³/mol. The van der Waals surface area contributed by atoms with Crippen molar-refractivity contribution in [3.63, 3.8) is 0 Å². The van der Waals surface area contributed by atoms with Crippen molar-refractivity contribution in [1.29, 1.82) is 0 Å². The van der Waals surface area contributed by atoms with Crippen LogP contribution >= 0.6 is 0 Å². The number of carbonyl (C=O) groups excluding carboxylic acids is 2. The van der Waals surface area contributed by atoms with Gasteiger partial charge in [-0.15, -0.1) is 0 Å². The molecule has 0 radical (unpaired) electrons. The fraction of sp³-hybridized carbons (Fsp3) is 0.680. The van der Waals surface area contributed by atoms with Gasteiger partial charge in [0, 0.05) is 44.7 Å². The summed E-state index contributed by atoms with van der Waals surface area (Å²) in [5.74, 6) is 1.88. The molecule has 0 bridgehead atoms. The molecule has 1 aromatic rings. The van der Waals surface area contributed by atoms with Gasteiger partial charge in [0.25, 0.3) is 0 Å². The first kappa shape index (κ1) is 25.9. The van der Waals surface area contributed by atoms with E-state index in [1.54, 1.807) is 38.4 Å². The number of likely N-dealkylation sites (tertiary alicyclic amines) is 2. The largest absolute Gasteiger partial charge is 0.493 e. The molecule has 2 saturated heterocycles. The SMILES string of the molecule is COc1cc(NC(=O)N2CCC(CC(=O)NCCN3CCCCCC3)CC2)cc(OC)c1OC. The third kappa shape index (κ3) is 7.41. The zero-order valence-corrected chi connectivity index (χ0v) is 20.9. The van der Waals surface area contributed by atoms with Crippen LogP contribution in [0.5, 0.6) is 17.2 Å². The van der Waals surface area contributed by atoms with Gasteiger partial charge in [0.15, 0.2) is 11.5 Å². The number of rotatable bonds is 9. The van der Waals surface area contributed by atoms with Gasteiger partial charge in [0.1, 0.15) is 0 Å². The number of methoxy groups -OCH3 is 3. The Balaban J connectivity index is 1.40. The zero-order valence-electron chi connectivity index (χ0n) is 20.9. The van der Waals surface area contributed by atoms with Crippen LogP contribution in [0.3, 0.4) is 0 Å². The van der Waals surface area contributed by atoms with Gasteiger partial charge < -0.3 is 34.6 Å². The lowest BCUT2D eigenvalue weighted by Crippen LogP contribution is -2.42. The third-order valence-corrected chi connectivity index (χ3v) is 6.74. The van der Waals surface area contributed by atoms with Crippen LogP contribution in [0.1, 0.15) is 44.9 Å². The maximum absolute atomic E-state index is 12.8. The topological polar surface area (TPSA) is 92.4 Å². The normalized spacial score (nSPS) is 17.6. The molecule has 2 fully saturated rings. The van der Waals surface area contributed by atoms with Crippen molar-refractivity contribution in [3.05, 3.63) is 12.1 Å². The lowest BCUT2D eigenvalue weighted by molar-refractivity contribution is -0.122. The van der Waals surface area contributed by atoms with Gasteiger partial charge in [0.05, 0.1) is 27.0 Å². The van der Waals surface area contributed by atoms with Gasteiger partial charge in [-0.25, -0.2) is 4.79 Å². The minimum atomic E-state index is -0.172. The van der Waals surface area contributed by atoms with Crippen LogP contribution in [0, 0.1) is 5.92 Å². The van der Waals surface area contributed by atoms with Crippen LogP contribution < -0.4 is 24.8 Å². The summed E-state index contributed by atoms with van der Waals surface area (Å²) in [6.45, 7) is 5.20. The molecule has 0 atom stereocenters. The van der Waals surface area contributed by atoms with Crippen molar-refractivity contribution in [2.75, 3.05) is 65.9 Å². The molecule has 2 heterocycles. The van der Waals surface area contributed by atoms with Crippen molar-refractivity contribution < 1.29 is 23.8 Å². The number of urea groups is 1. The summed E-state index contributed by atoms with van der Waals surface area (Å²) in [4.78, 5) is 29.4. The van der Waals surface area contributed by atoms with Gasteiger partial charge in [-0.2, -0.15) is 0 Å². The summed E-state index contributed by atoms with van der Waals surface area (Å²) >= 11 is 0. The highest BCUT2D eigenvalue weighted by molar-refractivity contribution is 5.90. The van der Waals surface area contributed by atoms with Gasteiger partial charge in [-0.3, -0.25) is 4.79 Å². The van der Waals surface area contributed by atoms with Crippen LogP contribution in [0.2, 0.25) is 0 Å². The molecule has 1 aromatic carbocycles. The molecular weight excluding hydrogens is 436 g/mol. The molecule has 3 rings (SSSR count). The Bertz CT molecular complexity index is 777. The Hall–Kier alpha value is -2.68. The Morgan fingerprint density at radius 1 is 0.912 bits per heavy atom. The van der Waals surface area contributed by atoms with Gasteiger partial charge >= 0.3 is 6.03 Å². The molecule has 9 nitrogen and oxygen atoms in total. The Morgan fingerprint density at radius 3 is 2.09 bits per heavy atom. The van der Waals surface area contributed by atoms with Gasteiger partial charge in [-0.1, -0.05) is 12.8 Å². The van der Waals surface area contributed by atoms with Crippen molar-refractivity contribution in [1.82, 2.24) is 15.1 Å². The molecule has 0 aliphatic carbocycles. The first-order valence-electron chi connectivity index (χ1n) is 12.4. The number of benzene rings is 1. The summed E-state index contributed by atoms with van der Waals surface area (Å²) in [6, 6.07) is 3.25. The van der Waals surface area contributed by atoms with Crippen LogP contribution in [0.4, 0.5) is 10.5 Å². The molecule has 3 amide bonds. The van der Waals surface area contributed by atoms with Crippen molar-refractivity contribution in [2.24, 2.45) is 5.92 Å². The summed E-state index contributed by atoms with van der Waals surface area (Å²) in [5.41, 5.74) is 0.574. The van der Waals surface area contributed by atoms with Gasteiger partial charge in [0.2, 0.25) is 11.7 Å². The minimum Gasteiger partial charge on any atom is -0.493 e. The molecule has 2 aliphatic rings. The summed E-state index contributed by atoms with van der Waals surface area (Å²) in [6.07, 6.45) is 7.34. The van der Waals surface area contributed by atoms with Crippen LogP contribution in [0.25, 0.3) is 0 Å². The van der Waals surface area contributed by atoms with Gasteiger partial charge in [-0.05, 0) is 44.7 Å². The second kappa shape index (κ2) is 13.3. The van der Waals surface area contributed by atoms with Crippen LogP contribution in [-0.4, -0.2) is 82.3 Å². The van der Waals surface area contributed by atoms with E-state index in [-0.39, 0.29) is 11.9 Å². The lowest BCUT2D eigenvalue weighted by atomic mass is 9.93. The number of hydrogen-bond acceptors (Lipinski definition) is 6. The fourth-order valence-corrected chi connectivity index (χ4v) is 4.74. The molecule has 9 heteroatoms. The lowest BCUT2D eigenvalue weighted by Gasteiger charge is -2.32. The number of nitrogens with zero attached hydrogens (tertiary/aromatic N) is 2. The average Bonchev–Trinajstić information content (AvgIpc) is 3.12. The van der Waals surface area contributed by atoms with Crippen molar-refractivity contribution in [3.8, 4) is 17.2 Å². The smallest absolute Gasteiger partial charge is 0.321 e. The number of ether oxygens (including phenoxy) is 3. The van der Waals surface area contributed by atoms with Crippen molar-refractivity contribution in [2.45, 2.75) is 44.9 Å². The van der Waals surface area contributed by atoms with E-state index >= 15 is 0 Å². The van der Waals surface area contributed by atoms with Crippen LogP contribution in [-0.2, 0) is 4.79 Å². The third-order valence-electron chi connectivity index (χ3n) is 6.74. The van der Waals surface area contributed by atoms with Crippen molar-refractivity contribution >= 4 is 17.6 Å². The van der Waals surface area contributed by atoms with E-state index in [4.69, 9.17) is 14.2 Å². The predicted octanol–water partition coefficient (Wildman–Crippen LogP) is 3.34. The number of piperidine rings is 1. The van der Waals surface area contributed by atoms with E-state index in [1.165, 1.54) is 25.7 Å². The summed E-state index contributed by atoms with van der Waals surface area (Å²) in [5, 5.41) is 6.01. The molecular formula is C25H40N4O5. The second-order valence-corrected chi connectivity index (χ2v) is 9.08. The molecule has 2 aliphatic heterocycles. The first-order valence-corrected chi connectivity index (χ1v) is 12.4. The van der Waals surface area contributed by atoms with E-state index in [0.29, 0.717) is 48.4 Å². The number of anilines is 1. The van der Waals surface area contributed by atoms with E-state index in [0.717, 1.165) is 39.0 Å². The van der Waals surface area contributed by atoms with E-state index in [9.17, 15) is 9.59 Å². The Labute approximate surface area is 203 Å². The van der Waals surface area contributed by atoms with E-state index < -0.39 is 0 Å². The molecule has 0 spiro atoms. The average molecular weight is 477 g/mol. The molecule has 0 unspecified atom stereocenters. The molecule has 2 N–H and O–H groups in total. The quantitative estimate of drug-likeness (QED) is 0.568. The van der Waals surface area contributed by atoms with Crippen LogP contribution in [0.15, 0.2) is 12.1 Å². The van der Waals surface area contributed by atoms with E-state index in [1.807, 2.05) is 0 Å².